The SMILES string of the molecule is COC(=O)[C@]12CCC(C)(C)C[C@H]1C1=CC[C@@H]3[C@@]4(C)C/C(=C/O)C(=O)C(C)(C)[C@H]4CC[C@@]3(C)[C@]1(C)CC2. The molecule has 200 valence electrons. The van der Waals surface area contributed by atoms with Gasteiger partial charge in [0.15, 0.2) is 5.78 Å². The van der Waals surface area contributed by atoms with Crippen LogP contribution in [0, 0.1) is 50.2 Å². The second-order valence-corrected chi connectivity index (χ2v) is 15.2. The number of aliphatic hydroxyl groups is 1. The topological polar surface area (TPSA) is 63.6 Å². The molecule has 0 radical (unpaired) electrons. The van der Waals surface area contributed by atoms with Gasteiger partial charge in [0.1, 0.15) is 0 Å². The van der Waals surface area contributed by atoms with Crippen LogP contribution in [0.5, 0.6) is 0 Å². The van der Waals surface area contributed by atoms with Crippen LogP contribution in [0.25, 0.3) is 0 Å². The van der Waals surface area contributed by atoms with Gasteiger partial charge >= 0.3 is 5.97 Å². The minimum atomic E-state index is -0.464. The van der Waals surface area contributed by atoms with E-state index < -0.39 is 5.41 Å². The number of hydrogen-bond acceptors (Lipinski definition) is 4. The Hall–Kier alpha value is -1.58. The Morgan fingerprint density at radius 2 is 1.67 bits per heavy atom. The standard InChI is InChI=1S/C32H48O4/c1-27(2)13-15-32(26(35)36-8)16-14-30(6)21(22(32)18-27)9-10-24-29(5)17-20(19-33)25(34)28(3,4)23(29)11-12-31(24,30)7/h9,19,22-24,33H,10-18H2,1-8H3/b20-19-/t22-,23+,24+,29-,30+,31+,32-/m0/s1. The predicted molar refractivity (Wildman–Crippen MR) is 142 cm³/mol. The van der Waals surface area contributed by atoms with Crippen LogP contribution in [0.3, 0.4) is 0 Å². The number of carbonyl (C=O) groups excluding carboxylic acids is 2. The summed E-state index contributed by atoms with van der Waals surface area (Å²) in [5.41, 5.74) is 1.56. The first-order chi connectivity index (χ1) is 16.6. The molecule has 0 aromatic rings. The van der Waals surface area contributed by atoms with E-state index in [1.807, 2.05) is 0 Å². The van der Waals surface area contributed by atoms with Crippen molar-refractivity contribution in [3.8, 4) is 0 Å². The van der Waals surface area contributed by atoms with E-state index in [1.165, 1.54) is 5.57 Å². The Bertz CT molecular complexity index is 1050. The molecule has 0 saturated heterocycles. The number of carbonyl (C=O) groups is 2. The molecule has 0 bridgehead atoms. The third kappa shape index (κ3) is 3.05. The molecule has 1 N–H and O–H groups in total. The molecule has 0 heterocycles. The summed E-state index contributed by atoms with van der Waals surface area (Å²) in [7, 11) is 1.56. The largest absolute Gasteiger partial charge is 0.515 e. The van der Waals surface area contributed by atoms with Crippen molar-refractivity contribution in [2.45, 2.75) is 106 Å². The molecule has 5 rings (SSSR count). The van der Waals surface area contributed by atoms with Crippen LogP contribution in [-0.2, 0) is 14.3 Å². The molecule has 4 fully saturated rings. The van der Waals surface area contributed by atoms with Gasteiger partial charge in [-0.05, 0) is 97.2 Å². The molecule has 4 heteroatoms. The number of allylic oxidation sites excluding steroid dienone is 3. The molecule has 4 nitrogen and oxygen atoms in total. The highest BCUT2D eigenvalue weighted by atomic mass is 16.5. The molecule has 4 saturated carbocycles. The van der Waals surface area contributed by atoms with Crippen molar-refractivity contribution in [2.75, 3.05) is 7.11 Å². The highest BCUT2D eigenvalue weighted by molar-refractivity contribution is 6.00. The number of aliphatic hydroxyl groups excluding tert-OH is 1. The molecule has 36 heavy (non-hydrogen) atoms. The maximum Gasteiger partial charge on any atom is 0.312 e. The predicted octanol–water partition coefficient (Wildman–Crippen LogP) is 7.58. The van der Waals surface area contributed by atoms with Crippen molar-refractivity contribution in [2.24, 2.45) is 50.2 Å². The molecule has 0 aromatic heterocycles. The Labute approximate surface area is 218 Å². The van der Waals surface area contributed by atoms with E-state index in [9.17, 15) is 14.7 Å². The minimum absolute atomic E-state index is 0.000774. The molecular weight excluding hydrogens is 448 g/mol. The quantitative estimate of drug-likeness (QED) is 0.176. The summed E-state index contributed by atoms with van der Waals surface area (Å²) in [6.45, 7) is 16.4. The minimum Gasteiger partial charge on any atom is -0.515 e. The first-order valence-electron chi connectivity index (χ1n) is 14.3. The lowest BCUT2D eigenvalue weighted by atomic mass is 9.33. The second-order valence-electron chi connectivity index (χ2n) is 15.2. The van der Waals surface area contributed by atoms with E-state index in [0.29, 0.717) is 23.8 Å². The normalized spacial score (nSPS) is 48.1. The molecule has 7 atom stereocenters. The average molecular weight is 497 g/mol. The van der Waals surface area contributed by atoms with Crippen molar-refractivity contribution >= 4 is 11.8 Å². The van der Waals surface area contributed by atoms with Gasteiger partial charge in [0.2, 0.25) is 0 Å². The molecule has 0 unspecified atom stereocenters. The number of rotatable bonds is 1. The second kappa shape index (κ2) is 7.73. The summed E-state index contributed by atoms with van der Waals surface area (Å²) >= 11 is 0. The lowest BCUT2D eigenvalue weighted by molar-refractivity contribution is -0.185. The van der Waals surface area contributed by atoms with Crippen molar-refractivity contribution in [3.63, 3.8) is 0 Å². The summed E-state index contributed by atoms with van der Waals surface area (Å²) in [5, 5.41) is 10.0. The van der Waals surface area contributed by atoms with Crippen LogP contribution in [0.2, 0.25) is 0 Å². The van der Waals surface area contributed by atoms with Gasteiger partial charge in [-0.15, -0.1) is 0 Å². The number of Topliss-reactive ketones (excluding diaryl/α,β-unsaturated/α-hetero) is 1. The molecule has 0 aromatic carbocycles. The zero-order valence-corrected chi connectivity index (χ0v) is 23.9. The van der Waals surface area contributed by atoms with Crippen molar-refractivity contribution in [1.29, 1.82) is 0 Å². The molecule has 0 aliphatic heterocycles. The highest BCUT2D eigenvalue weighted by Crippen LogP contribution is 2.75. The number of methoxy groups -OCH3 is 1. The van der Waals surface area contributed by atoms with Crippen molar-refractivity contribution < 1.29 is 19.4 Å². The van der Waals surface area contributed by atoms with Crippen LogP contribution < -0.4 is 0 Å². The average Bonchev–Trinajstić information content (AvgIpc) is 2.81. The van der Waals surface area contributed by atoms with Gasteiger partial charge in [-0.1, -0.05) is 60.1 Å². The lowest BCUT2D eigenvalue weighted by Gasteiger charge is -2.70. The summed E-state index contributed by atoms with van der Waals surface area (Å²) in [5.74, 6) is 1.11. The fourth-order valence-corrected chi connectivity index (χ4v) is 10.8. The van der Waals surface area contributed by atoms with E-state index >= 15 is 0 Å². The molecule has 0 amide bonds. The summed E-state index contributed by atoms with van der Waals surface area (Å²) < 4.78 is 5.48. The fraction of sp³-hybridized carbons (Fsp3) is 0.812. The van der Waals surface area contributed by atoms with Gasteiger partial charge in [0.25, 0.3) is 0 Å². The van der Waals surface area contributed by atoms with Crippen LogP contribution in [0.4, 0.5) is 0 Å². The van der Waals surface area contributed by atoms with E-state index in [1.54, 1.807) is 7.11 Å². The number of esters is 1. The summed E-state index contributed by atoms with van der Waals surface area (Å²) in [6.07, 6.45) is 12.4. The highest BCUT2D eigenvalue weighted by Gasteiger charge is 2.69. The number of fused-ring (bicyclic) bond motifs is 7. The zero-order chi connectivity index (χ0) is 26.5. The molecule has 0 spiro atoms. The molecular formula is C32H48O4. The Morgan fingerprint density at radius 3 is 2.31 bits per heavy atom. The number of ether oxygens (including phenoxy) is 1. The van der Waals surface area contributed by atoms with E-state index in [-0.39, 0.29) is 44.7 Å². The Morgan fingerprint density at radius 1 is 1.00 bits per heavy atom. The first-order valence-corrected chi connectivity index (χ1v) is 14.3. The third-order valence-electron chi connectivity index (χ3n) is 13.0. The number of ketones is 1. The van der Waals surface area contributed by atoms with Gasteiger partial charge in [-0.2, -0.15) is 0 Å². The maximum atomic E-state index is 13.4. The van der Waals surface area contributed by atoms with Crippen LogP contribution in [0.1, 0.15) is 106 Å². The fourth-order valence-electron chi connectivity index (χ4n) is 10.8. The van der Waals surface area contributed by atoms with E-state index in [2.05, 4.69) is 54.5 Å². The number of hydrogen-bond donors (Lipinski definition) is 1. The van der Waals surface area contributed by atoms with Gasteiger partial charge in [0.05, 0.1) is 18.8 Å². The van der Waals surface area contributed by atoms with Gasteiger partial charge in [0, 0.05) is 11.0 Å². The smallest absolute Gasteiger partial charge is 0.312 e. The zero-order valence-electron chi connectivity index (χ0n) is 23.9. The van der Waals surface area contributed by atoms with Crippen molar-refractivity contribution in [3.05, 3.63) is 23.5 Å². The molecule has 5 aliphatic rings. The van der Waals surface area contributed by atoms with Crippen LogP contribution >= 0.6 is 0 Å². The summed E-state index contributed by atoms with van der Waals surface area (Å²) in [4.78, 5) is 26.6. The summed E-state index contributed by atoms with van der Waals surface area (Å²) in [6, 6.07) is 0. The monoisotopic (exact) mass is 496 g/mol. The van der Waals surface area contributed by atoms with Crippen molar-refractivity contribution in [1.82, 2.24) is 0 Å². The lowest BCUT2D eigenvalue weighted by Crippen LogP contribution is -2.65. The Kier molecular flexibility index (Phi) is 5.59. The van der Waals surface area contributed by atoms with Gasteiger partial charge < -0.3 is 9.84 Å². The van der Waals surface area contributed by atoms with E-state index in [4.69, 9.17) is 4.74 Å². The van der Waals surface area contributed by atoms with Crippen LogP contribution in [0.15, 0.2) is 23.5 Å². The van der Waals surface area contributed by atoms with E-state index in [0.717, 1.165) is 57.6 Å². The van der Waals surface area contributed by atoms with Gasteiger partial charge in [-0.25, -0.2) is 0 Å². The Balaban J connectivity index is 1.62. The van der Waals surface area contributed by atoms with Gasteiger partial charge in [-0.3, -0.25) is 9.59 Å². The first kappa shape index (κ1) is 26.0. The third-order valence-corrected chi connectivity index (χ3v) is 13.0. The van der Waals surface area contributed by atoms with Crippen LogP contribution in [-0.4, -0.2) is 24.0 Å². The maximum absolute atomic E-state index is 13.4. The molecule has 5 aliphatic carbocycles.